The third-order valence-electron chi connectivity index (χ3n) is 2.11. The van der Waals surface area contributed by atoms with Crippen molar-refractivity contribution in [1.29, 1.82) is 0 Å². The summed E-state index contributed by atoms with van der Waals surface area (Å²) in [6.45, 7) is 0.813. The van der Waals surface area contributed by atoms with Crippen molar-refractivity contribution < 1.29 is 34.1 Å². The van der Waals surface area contributed by atoms with Crippen LogP contribution in [0, 0.1) is 0 Å². The molecule has 1 rings (SSSR count). The molecule has 7 heteroatoms. The van der Waals surface area contributed by atoms with Gasteiger partial charge < -0.3 is 19.7 Å². The Morgan fingerprint density at radius 3 is 2.69 bits per heavy atom. The molecule has 1 aliphatic rings. The highest BCUT2D eigenvalue weighted by atomic mass is 16.6. The van der Waals surface area contributed by atoms with Crippen molar-refractivity contribution in [1.82, 2.24) is 0 Å². The SMILES string of the molecule is CCC(=O)OC1C(=O)C(=O)O[C@@H]1[C@@H](O)CO. The van der Waals surface area contributed by atoms with Crippen LogP contribution in [0.25, 0.3) is 0 Å². The zero-order valence-corrected chi connectivity index (χ0v) is 8.58. The van der Waals surface area contributed by atoms with Crippen LogP contribution in [0.3, 0.4) is 0 Å². The first-order valence-electron chi connectivity index (χ1n) is 4.74. The molecule has 0 radical (unpaired) electrons. The Labute approximate surface area is 91.0 Å². The number of ether oxygens (including phenoxy) is 2. The summed E-state index contributed by atoms with van der Waals surface area (Å²) >= 11 is 0. The maximum Gasteiger partial charge on any atom is 0.379 e. The van der Waals surface area contributed by atoms with Crippen molar-refractivity contribution in [2.45, 2.75) is 31.7 Å². The minimum absolute atomic E-state index is 0.0277. The van der Waals surface area contributed by atoms with Crippen LogP contribution in [0.15, 0.2) is 0 Å². The minimum atomic E-state index is -1.47. The third-order valence-corrected chi connectivity index (χ3v) is 2.11. The van der Waals surface area contributed by atoms with Gasteiger partial charge in [0.2, 0.25) is 6.10 Å². The Balaban J connectivity index is 2.79. The van der Waals surface area contributed by atoms with E-state index in [1.54, 1.807) is 0 Å². The van der Waals surface area contributed by atoms with Gasteiger partial charge in [-0.05, 0) is 0 Å². The number of carbonyl (C=O) groups excluding carboxylic acids is 3. The van der Waals surface area contributed by atoms with Gasteiger partial charge >= 0.3 is 11.9 Å². The van der Waals surface area contributed by atoms with Gasteiger partial charge in [0, 0.05) is 6.42 Å². The molecule has 0 spiro atoms. The lowest BCUT2D eigenvalue weighted by Gasteiger charge is -2.19. The second kappa shape index (κ2) is 5.04. The molecule has 0 amide bonds. The van der Waals surface area contributed by atoms with Crippen molar-refractivity contribution in [2.24, 2.45) is 0 Å². The first-order valence-corrected chi connectivity index (χ1v) is 4.74. The number of hydrogen-bond donors (Lipinski definition) is 2. The molecule has 0 aromatic rings. The number of aliphatic hydroxyl groups excluding tert-OH is 2. The van der Waals surface area contributed by atoms with Crippen molar-refractivity contribution in [3.05, 3.63) is 0 Å². The average Bonchev–Trinajstić information content (AvgIpc) is 2.56. The number of cyclic esters (lactones) is 1. The number of ketones is 1. The molecule has 2 N–H and O–H groups in total. The van der Waals surface area contributed by atoms with Crippen LogP contribution in [0.4, 0.5) is 0 Å². The molecule has 1 unspecified atom stereocenters. The van der Waals surface area contributed by atoms with E-state index in [9.17, 15) is 19.5 Å². The summed E-state index contributed by atoms with van der Waals surface area (Å²) in [7, 11) is 0. The van der Waals surface area contributed by atoms with Gasteiger partial charge in [0.15, 0.2) is 6.10 Å². The van der Waals surface area contributed by atoms with Crippen LogP contribution in [0.5, 0.6) is 0 Å². The first-order chi connectivity index (χ1) is 7.51. The van der Waals surface area contributed by atoms with Gasteiger partial charge in [-0.3, -0.25) is 9.59 Å². The monoisotopic (exact) mass is 232 g/mol. The van der Waals surface area contributed by atoms with E-state index in [1.165, 1.54) is 6.92 Å². The fourth-order valence-electron chi connectivity index (χ4n) is 1.24. The van der Waals surface area contributed by atoms with E-state index in [2.05, 4.69) is 9.47 Å². The molecule has 90 valence electrons. The molecular weight excluding hydrogens is 220 g/mol. The van der Waals surface area contributed by atoms with Gasteiger partial charge in [-0.15, -0.1) is 0 Å². The molecule has 1 heterocycles. The van der Waals surface area contributed by atoms with Crippen molar-refractivity contribution >= 4 is 17.7 Å². The molecule has 16 heavy (non-hydrogen) atoms. The maximum absolute atomic E-state index is 11.2. The number of aliphatic hydroxyl groups is 2. The average molecular weight is 232 g/mol. The molecular formula is C9H12O7. The molecule has 1 fully saturated rings. The minimum Gasteiger partial charge on any atom is -0.450 e. The van der Waals surface area contributed by atoms with E-state index >= 15 is 0 Å². The zero-order valence-electron chi connectivity index (χ0n) is 8.58. The predicted octanol–water partition coefficient (Wildman–Crippen LogP) is -1.84. The van der Waals surface area contributed by atoms with Crippen molar-refractivity contribution in [3.8, 4) is 0 Å². The standard InChI is InChI=1S/C9H12O7/c1-2-5(12)15-8-6(13)9(14)16-7(8)4(11)3-10/h4,7-8,10-11H,2-3H2,1H3/t4-,7+,8?/m0/s1. The zero-order chi connectivity index (χ0) is 12.3. The summed E-state index contributed by atoms with van der Waals surface area (Å²) in [6, 6.07) is 0. The van der Waals surface area contributed by atoms with Crippen molar-refractivity contribution in [3.63, 3.8) is 0 Å². The Morgan fingerprint density at radius 2 is 2.19 bits per heavy atom. The highest BCUT2D eigenvalue weighted by Gasteiger charge is 2.49. The quantitative estimate of drug-likeness (QED) is 0.432. The molecule has 0 bridgehead atoms. The third kappa shape index (κ3) is 2.37. The number of hydrogen-bond acceptors (Lipinski definition) is 7. The Hall–Kier alpha value is -1.47. The number of Topliss-reactive ketones (excluding diaryl/α,β-unsaturated/α-hetero) is 1. The van der Waals surface area contributed by atoms with Crippen LogP contribution in [-0.4, -0.2) is 52.9 Å². The summed E-state index contributed by atoms with van der Waals surface area (Å²) in [5.41, 5.74) is 0. The van der Waals surface area contributed by atoms with E-state index < -0.39 is 42.6 Å². The fraction of sp³-hybridized carbons (Fsp3) is 0.667. The molecule has 7 nitrogen and oxygen atoms in total. The van der Waals surface area contributed by atoms with Gasteiger partial charge in [0.05, 0.1) is 6.61 Å². The lowest BCUT2D eigenvalue weighted by molar-refractivity contribution is -0.160. The Bertz CT molecular complexity index is 311. The summed E-state index contributed by atoms with van der Waals surface area (Å²) in [4.78, 5) is 33.2. The van der Waals surface area contributed by atoms with Gasteiger partial charge in [0.25, 0.3) is 5.78 Å². The first kappa shape index (κ1) is 12.6. The van der Waals surface area contributed by atoms with Crippen LogP contribution < -0.4 is 0 Å². The van der Waals surface area contributed by atoms with E-state index in [0.29, 0.717) is 0 Å². The fourth-order valence-corrected chi connectivity index (χ4v) is 1.24. The van der Waals surface area contributed by atoms with Gasteiger partial charge in [-0.1, -0.05) is 6.92 Å². The smallest absolute Gasteiger partial charge is 0.379 e. The van der Waals surface area contributed by atoms with Crippen LogP contribution in [0.1, 0.15) is 13.3 Å². The Kier molecular flexibility index (Phi) is 3.97. The van der Waals surface area contributed by atoms with E-state index in [1.807, 2.05) is 0 Å². The molecule has 0 aromatic heterocycles. The topological polar surface area (TPSA) is 110 Å². The van der Waals surface area contributed by atoms with Gasteiger partial charge in [-0.2, -0.15) is 0 Å². The number of carbonyl (C=O) groups is 3. The van der Waals surface area contributed by atoms with Crippen molar-refractivity contribution in [2.75, 3.05) is 6.61 Å². The van der Waals surface area contributed by atoms with Gasteiger partial charge in [0.1, 0.15) is 6.10 Å². The molecule has 0 aromatic carbocycles. The van der Waals surface area contributed by atoms with Crippen LogP contribution >= 0.6 is 0 Å². The lowest BCUT2D eigenvalue weighted by Crippen LogP contribution is -2.41. The lowest BCUT2D eigenvalue weighted by atomic mass is 10.1. The molecule has 1 aliphatic heterocycles. The molecule has 3 atom stereocenters. The van der Waals surface area contributed by atoms with Crippen LogP contribution in [0.2, 0.25) is 0 Å². The van der Waals surface area contributed by atoms with E-state index in [-0.39, 0.29) is 6.42 Å². The number of esters is 2. The molecule has 0 saturated carbocycles. The summed E-state index contributed by atoms with van der Waals surface area (Å²) < 4.78 is 9.18. The molecule has 1 saturated heterocycles. The highest BCUT2D eigenvalue weighted by molar-refractivity contribution is 6.37. The Morgan fingerprint density at radius 1 is 1.56 bits per heavy atom. The highest BCUT2D eigenvalue weighted by Crippen LogP contribution is 2.19. The van der Waals surface area contributed by atoms with E-state index in [4.69, 9.17) is 5.11 Å². The van der Waals surface area contributed by atoms with Gasteiger partial charge in [-0.25, -0.2) is 4.79 Å². The second-order valence-electron chi connectivity index (χ2n) is 3.25. The maximum atomic E-state index is 11.2. The normalized spacial score (nSPS) is 26.4. The number of rotatable bonds is 4. The summed E-state index contributed by atoms with van der Waals surface area (Å²) in [5, 5.41) is 18.0. The van der Waals surface area contributed by atoms with E-state index in [0.717, 1.165) is 0 Å². The predicted molar refractivity (Wildman–Crippen MR) is 48.2 cm³/mol. The summed E-state index contributed by atoms with van der Waals surface area (Å²) in [5.74, 6) is -2.89. The molecule has 0 aliphatic carbocycles. The second-order valence-corrected chi connectivity index (χ2v) is 3.25. The summed E-state index contributed by atoms with van der Waals surface area (Å²) in [6.07, 6.45) is -4.23. The largest absolute Gasteiger partial charge is 0.450 e. The van der Waals surface area contributed by atoms with Crippen LogP contribution in [-0.2, 0) is 23.9 Å².